The molecule has 8 nitrogen and oxygen atoms in total. The smallest absolute Gasteiger partial charge is 0.306 e. The Morgan fingerprint density at radius 1 is 1.15 bits per heavy atom. The lowest BCUT2D eigenvalue weighted by atomic mass is 10.2. The number of benzene rings is 2. The lowest BCUT2D eigenvalue weighted by molar-refractivity contribution is -0.384. The van der Waals surface area contributed by atoms with Crippen LogP contribution >= 0.6 is 0 Å². The molecule has 1 N–H and O–H groups in total. The molecule has 0 heterocycles. The minimum atomic E-state index is -0.563. The van der Waals surface area contributed by atoms with Gasteiger partial charge >= 0.3 is 5.97 Å². The molecule has 0 unspecified atom stereocenters. The van der Waals surface area contributed by atoms with Crippen molar-refractivity contribution in [2.45, 2.75) is 19.8 Å². The van der Waals surface area contributed by atoms with E-state index in [-0.39, 0.29) is 12.1 Å². The highest BCUT2D eigenvalue weighted by atomic mass is 16.6. The van der Waals surface area contributed by atoms with E-state index in [0.29, 0.717) is 24.3 Å². The van der Waals surface area contributed by atoms with Gasteiger partial charge < -0.3 is 14.8 Å². The van der Waals surface area contributed by atoms with Gasteiger partial charge in [-0.05, 0) is 31.0 Å². The fourth-order valence-electron chi connectivity index (χ4n) is 2.19. The molecule has 2 rings (SSSR count). The predicted molar refractivity (Wildman–Crippen MR) is 98.6 cm³/mol. The van der Waals surface area contributed by atoms with Crippen LogP contribution in [0.25, 0.3) is 0 Å². The summed E-state index contributed by atoms with van der Waals surface area (Å²) in [5.74, 6) is -0.359. The van der Waals surface area contributed by atoms with Gasteiger partial charge in [0.05, 0.1) is 17.2 Å². The van der Waals surface area contributed by atoms with Gasteiger partial charge in [-0.2, -0.15) is 0 Å². The second-order valence-corrected chi connectivity index (χ2v) is 5.73. The summed E-state index contributed by atoms with van der Waals surface area (Å²) in [6.07, 6.45) is 0.579. The van der Waals surface area contributed by atoms with Crippen molar-refractivity contribution in [3.05, 3.63) is 64.2 Å². The van der Waals surface area contributed by atoms with Gasteiger partial charge in [0.2, 0.25) is 0 Å². The maximum absolute atomic E-state index is 11.9. The molecule has 0 fully saturated rings. The summed E-state index contributed by atoms with van der Waals surface area (Å²) in [4.78, 5) is 33.8. The topological polar surface area (TPSA) is 108 Å². The molecule has 0 aromatic heterocycles. The summed E-state index contributed by atoms with van der Waals surface area (Å²) in [5.41, 5.74) is 0.839. The standard InChI is InChI=1S/C19H20N2O6/c1-14-9-10-15(21(24)25)12-17(14)20-18(22)13-27-19(23)8-5-11-26-16-6-3-2-4-7-16/h2-4,6-7,9-10,12H,5,8,11,13H2,1H3,(H,20,22). The van der Waals surface area contributed by atoms with Crippen molar-refractivity contribution < 1.29 is 24.0 Å². The zero-order chi connectivity index (χ0) is 19.6. The van der Waals surface area contributed by atoms with E-state index in [1.165, 1.54) is 18.2 Å². The Labute approximate surface area is 156 Å². The Morgan fingerprint density at radius 2 is 1.89 bits per heavy atom. The zero-order valence-corrected chi connectivity index (χ0v) is 14.8. The van der Waals surface area contributed by atoms with Crippen molar-refractivity contribution in [2.75, 3.05) is 18.5 Å². The number of nitrogens with one attached hydrogen (secondary N) is 1. The number of carbonyl (C=O) groups is 2. The lowest BCUT2D eigenvalue weighted by Gasteiger charge is -2.09. The molecule has 0 aliphatic carbocycles. The molecule has 0 saturated heterocycles. The Hall–Kier alpha value is -3.42. The monoisotopic (exact) mass is 372 g/mol. The minimum absolute atomic E-state index is 0.121. The van der Waals surface area contributed by atoms with Crippen LogP contribution in [0.4, 0.5) is 11.4 Å². The first-order valence-electron chi connectivity index (χ1n) is 8.34. The van der Waals surface area contributed by atoms with Gasteiger partial charge in [-0.3, -0.25) is 19.7 Å². The van der Waals surface area contributed by atoms with E-state index >= 15 is 0 Å². The molecule has 0 saturated carbocycles. The van der Waals surface area contributed by atoms with Crippen molar-refractivity contribution >= 4 is 23.3 Å². The molecule has 0 atom stereocenters. The van der Waals surface area contributed by atoms with E-state index in [4.69, 9.17) is 9.47 Å². The van der Waals surface area contributed by atoms with Gasteiger partial charge in [0, 0.05) is 18.6 Å². The van der Waals surface area contributed by atoms with Crippen LogP contribution in [-0.2, 0) is 14.3 Å². The van der Waals surface area contributed by atoms with Gasteiger partial charge in [-0.25, -0.2) is 0 Å². The number of non-ortho nitro benzene ring substituents is 1. The highest BCUT2D eigenvalue weighted by Crippen LogP contribution is 2.21. The molecule has 27 heavy (non-hydrogen) atoms. The fraction of sp³-hybridized carbons (Fsp3) is 0.263. The molecule has 8 heteroatoms. The molecule has 0 aliphatic heterocycles. The summed E-state index contributed by atoms with van der Waals surface area (Å²) in [7, 11) is 0. The molecule has 0 bridgehead atoms. The van der Waals surface area contributed by atoms with Crippen LogP contribution in [0, 0.1) is 17.0 Å². The van der Waals surface area contributed by atoms with Crippen molar-refractivity contribution in [3.8, 4) is 5.75 Å². The van der Waals surface area contributed by atoms with Gasteiger partial charge in [-0.15, -0.1) is 0 Å². The zero-order valence-electron chi connectivity index (χ0n) is 14.8. The maximum atomic E-state index is 11.9. The predicted octanol–water partition coefficient (Wildman–Crippen LogP) is 3.24. The average molecular weight is 372 g/mol. The number of rotatable bonds is 9. The van der Waals surface area contributed by atoms with Gasteiger partial charge in [0.15, 0.2) is 6.61 Å². The number of amides is 1. The third kappa shape index (κ3) is 6.77. The van der Waals surface area contributed by atoms with Crippen LogP contribution in [0.2, 0.25) is 0 Å². The van der Waals surface area contributed by atoms with Crippen LogP contribution in [0.1, 0.15) is 18.4 Å². The van der Waals surface area contributed by atoms with Crippen LogP contribution in [-0.4, -0.2) is 30.0 Å². The molecule has 0 radical (unpaired) electrons. The second kappa shape index (κ2) is 9.91. The second-order valence-electron chi connectivity index (χ2n) is 5.73. The van der Waals surface area contributed by atoms with Crippen molar-refractivity contribution in [2.24, 2.45) is 0 Å². The Balaban J connectivity index is 1.70. The van der Waals surface area contributed by atoms with E-state index in [1.54, 1.807) is 6.92 Å². The van der Waals surface area contributed by atoms with E-state index in [9.17, 15) is 19.7 Å². The molecule has 0 spiro atoms. The summed E-state index contributed by atoms with van der Waals surface area (Å²) >= 11 is 0. The van der Waals surface area contributed by atoms with E-state index in [2.05, 4.69) is 5.32 Å². The highest BCUT2D eigenvalue weighted by molar-refractivity contribution is 5.93. The lowest BCUT2D eigenvalue weighted by Crippen LogP contribution is -2.21. The maximum Gasteiger partial charge on any atom is 0.306 e. The van der Waals surface area contributed by atoms with Crippen molar-refractivity contribution in [1.29, 1.82) is 0 Å². The third-order valence-electron chi connectivity index (χ3n) is 3.61. The fourth-order valence-corrected chi connectivity index (χ4v) is 2.19. The number of nitro groups is 1. The number of hydrogen-bond donors (Lipinski definition) is 1. The highest BCUT2D eigenvalue weighted by Gasteiger charge is 2.12. The molecule has 142 valence electrons. The number of nitrogens with zero attached hydrogens (tertiary/aromatic N) is 1. The summed E-state index contributed by atoms with van der Waals surface area (Å²) in [6.45, 7) is 1.61. The van der Waals surface area contributed by atoms with Crippen molar-refractivity contribution in [3.63, 3.8) is 0 Å². The average Bonchev–Trinajstić information content (AvgIpc) is 2.66. The SMILES string of the molecule is Cc1ccc([N+](=O)[O-])cc1NC(=O)COC(=O)CCCOc1ccccc1. The summed E-state index contributed by atoms with van der Waals surface area (Å²) in [6, 6.07) is 13.4. The van der Waals surface area contributed by atoms with Crippen LogP contribution < -0.4 is 10.1 Å². The Kier molecular flexibility index (Phi) is 7.30. The molecular weight excluding hydrogens is 352 g/mol. The van der Waals surface area contributed by atoms with Gasteiger partial charge in [0.25, 0.3) is 11.6 Å². The summed E-state index contributed by atoms with van der Waals surface area (Å²) in [5, 5.41) is 13.3. The molecule has 2 aromatic carbocycles. The van der Waals surface area contributed by atoms with Crippen LogP contribution in [0.3, 0.4) is 0 Å². The minimum Gasteiger partial charge on any atom is -0.494 e. The number of nitro benzene ring substituents is 1. The largest absolute Gasteiger partial charge is 0.494 e. The number of aryl methyl sites for hydroxylation is 1. The first-order valence-corrected chi connectivity index (χ1v) is 8.34. The van der Waals surface area contributed by atoms with Gasteiger partial charge in [-0.1, -0.05) is 24.3 Å². The number of carbonyl (C=O) groups excluding carboxylic acids is 2. The van der Waals surface area contributed by atoms with Crippen LogP contribution in [0.5, 0.6) is 5.75 Å². The summed E-state index contributed by atoms with van der Waals surface area (Å²) < 4.78 is 10.4. The number of para-hydroxylation sites is 1. The first-order chi connectivity index (χ1) is 13.0. The molecular formula is C19H20N2O6. The normalized spacial score (nSPS) is 10.1. The first kappa shape index (κ1) is 19.9. The molecule has 1 amide bonds. The number of anilines is 1. The Morgan fingerprint density at radius 3 is 2.59 bits per heavy atom. The third-order valence-corrected chi connectivity index (χ3v) is 3.61. The molecule has 0 aliphatic rings. The number of esters is 1. The van der Waals surface area contributed by atoms with Crippen molar-refractivity contribution in [1.82, 2.24) is 0 Å². The van der Waals surface area contributed by atoms with E-state index < -0.39 is 23.4 Å². The quantitative estimate of drug-likeness (QED) is 0.313. The van der Waals surface area contributed by atoms with Crippen LogP contribution in [0.15, 0.2) is 48.5 Å². The van der Waals surface area contributed by atoms with E-state index in [0.717, 1.165) is 5.75 Å². The Bertz CT molecular complexity index is 807. The molecule has 2 aromatic rings. The number of hydrogen-bond acceptors (Lipinski definition) is 6. The van der Waals surface area contributed by atoms with E-state index in [1.807, 2.05) is 30.3 Å². The van der Waals surface area contributed by atoms with Gasteiger partial charge in [0.1, 0.15) is 5.75 Å². The number of ether oxygens (including phenoxy) is 2.